The molecule has 0 saturated carbocycles. The number of fused-ring (bicyclic) bond motifs is 1. The van der Waals surface area contributed by atoms with Gasteiger partial charge in [-0.25, -0.2) is 4.98 Å². The molecular weight excluding hydrogens is 246 g/mol. The van der Waals surface area contributed by atoms with Crippen LogP contribution in [0.15, 0.2) is 30.3 Å². The molecule has 0 bridgehead atoms. The lowest BCUT2D eigenvalue weighted by Crippen LogP contribution is -2.35. The molecule has 20 heavy (non-hydrogen) atoms. The Kier molecular flexibility index (Phi) is 3.88. The minimum atomic E-state index is 0.677. The Bertz CT molecular complexity index is 594. The quantitative estimate of drug-likeness (QED) is 0.931. The van der Waals surface area contributed by atoms with E-state index in [-0.39, 0.29) is 0 Å². The van der Waals surface area contributed by atoms with Gasteiger partial charge in [0.05, 0.1) is 5.52 Å². The minimum Gasteiger partial charge on any atom is -0.356 e. The Morgan fingerprint density at radius 3 is 3.00 bits per heavy atom. The third-order valence-corrected chi connectivity index (χ3v) is 4.15. The first-order chi connectivity index (χ1) is 9.78. The first-order valence-corrected chi connectivity index (χ1v) is 7.61. The van der Waals surface area contributed by atoms with Crippen LogP contribution >= 0.6 is 0 Å². The van der Waals surface area contributed by atoms with Crippen LogP contribution in [-0.4, -0.2) is 24.6 Å². The summed E-state index contributed by atoms with van der Waals surface area (Å²) in [7, 11) is 0. The van der Waals surface area contributed by atoms with E-state index in [1.54, 1.807) is 0 Å². The molecule has 0 spiro atoms. The Morgan fingerprint density at radius 2 is 2.20 bits per heavy atom. The fraction of sp³-hybridized carbons (Fsp3) is 0.471. The largest absolute Gasteiger partial charge is 0.356 e. The van der Waals surface area contributed by atoms with E-state index in [4.69, 9.17) is 10.7 Å². The van der Waals surface area contributed by atoms with Crippen LogP contribution in [0.3, 0.4) is 0 Å². The number of piperidine rings is 1. The van der Waals surface area contributed by atoms with Gasteiger partial charge in [-0.1, -0.05) is 25.1 Å². The molecule has 0 amide bonds. The lowest BCUT2D eigenvalue weighted by molar-refractivity contribution is 0.444. The van der Waals surface area contributed by atoms with Gasteiger partial charge in [-0.05, 0) is 49.4 Å². The van der Waals surface area contributed by atoms with Gasteiger partial charge in [0.25, 0.3) is 0 Å². The van der Waals surface area contributed by atoms with Crippen molar-refractivity contribution >= 4 is 16.7 Å². The van der Waals surface area contributed by atoms with E-state index >= 15 is 0 Å². The van der Waals surface area contributed by atoms with Gasteiger partial charge < -0.3 is 10.6 Å². The second-order valence-corrected chi connectivity index (χ2v) is 5.90. The standard InChI is InChI=1S/C17H23N3/c1-13-5-4-10-20(12-13)17-15(8-9-18)11-14-6-2-3-7-16(14)19-17/h2-3,6-7,11,13H,4-5,8-10,12,18H2,1H3. The van der Waals surface area contributed by atoms with E-state index in [1.807, 2.05) is 0 Å². The maximum Gasteiger partial charge on any atom is 0.132 e. The van der Waals surface area contributed by atoms with Gasteiger partial charge in [-0.15, -0.1) is 0 Å². The zero-order valence-electron chi connectivity index (χ0n) is 12.2. The maximum atomic E-state index is 5.78. The monoisotopic (exact) mass is 269 g/mol. The Labute approximate surface area is 120 Å². The summed E-state index contributed by atoms with van der Waals surface area (Å²) >= 11 is 0. The van der Waals surface area contributed by atoms with Crippen molar-refractivity contribution in [1.82, 2.24) is 4.98 Å². The molecule has 0 radical (unpaired) electrons. The molecule has 1 fully saturated rings. The highest BCUT2D eigenvalue weighted by Gasteiger charge is 2.20. The number of rotatable bonds is 3. The van der Waals surface area contributed by atoms with Crippen molar-refractivity contribution in [3.63, 3.8) is 0 Å². The molecule has 2 aromatic rings. The van der Waals surface area contributed by atoms with Crippen LogP contribution in [0.1, 0.15) is 25.3 Å². The fourth-order valence-corrected chi connectivity index (χ4v) is 3.14. The molecule has 1 saturated heterocycles. The number of nitrogens with zero attached hydrogens (tertiary/aromatic N) is 2. The predicted molar refractivity (Wildman–Crippen MR) is 85.1 cm³/mol. The van der Waals surface area contributed by atoms with Crippen molar-refractivity contribution in [2.45, 2.75) is 26.2 Å². The first-order valence-electron chi connectivity index (χ1n) is 7.61. The number of aromatic nitrogens is 1. The molecule has 3 heteroatoms. The van der Waals surface area contributed by atoms with E-state index in [9.17, 15) is 0 Å². The van der Waals surface area contributed by atoms with Gasteiger partial charge in [0.2, 0.25) is 0 Å². The number of benzene rings is 1. The summed E-state index contributed by atoms with van der Waals surface area (Å²) in [5.74, 6) is 1.91. The SMILES string of the molecule is CC1CCCN(c2nc3ccccc3cc2CCN)C1. The molecule has 106 valence electrons. The normalized spacial score (nSPS) is 19.5. The zero-order valence-corrected chi connectivity index (χ0v) is 12.2. The van der Waals surface area contributed by atoms with Crippen LogP contribution in [0, 0.1) is 5.92 Å². The smallest absolute Gasteiger partial charge is 0.132 e. The van der Waals surface area contributed by atoms with Gasteiger partial charge in [0, 0.05) is 18.5 Å². The fourth-order valence-electron chi connectivity index (χ4n) is 3.14. The van der Waals surface area contributed by atoms with E-state index < -0.39 is 0 Å². The highest BCUT2D eigenvalue weighted by molar-refractivity contribution is 5.81. The van der Waals surface area contributed by atoms with Crippen LogP contribution in [-0.2, 0) is 6.42 Å². The summed E-state index contributed by atoms with van der Waals surface area (Å²) in [6.07, 6.45) is 3.49. The van der Waals surface area contributed by atoms with E-state index in [1.165, 1.54) is 23.8 Å². The van der Waals surface area contributed by atoms with Crippen molar-refractivity contribution in [2.24, 2.45) is 11.7 Å². The van der Waals surface area contributed by atoms with Gasteiger partial charge >= 0.3 is 0 Å². The predicted octanol–water partition coefficient (Wildman–Crippen LogP) is 2.97. The minimum absolute atomic E-state index is 0.677. The summed E-state index contributed by atoms with van der Waals surface area (Å²) in [6.45, 7) is 5.24. The Hall–Kier alpha value is -1.61. The van der Waals surface area contributed by atoms with E-state index in [2.05, 4.69) is 42.2 Å². The molecule has 1 aromatic heterocycles. The van der Waals surface area contributed by atoms with E-state index in [0.29, 0.717) is 6.54 Å². The van der Waals surface area contributed by atoms with Crippen molar-refractivity contribution in [2.75, 3.05) is 24.5 Å². The summed E-state index contributed by atoms with van der Waals surface area (Å²) in [6, 6.07) is 10.6. The third-order valence-electron chi connectivity index (χ3n) is 4.15. The van der Waals surface area contributed by atoms with Gasteiger partial charge in [-0.2, -0.15) is 0 Å². The third kappa shape index (κ3) is 2.63. The Balaban J connectivity index is 2.04. The molecule has 3 nitrogen and oxygen atoms in total. The molecule has 1 aliphatic rings. The first kappa shape index (κ1) is 13.4. The molecular formula is C17H23N3. The Morgan fingerprint density at radius 1 is 1.35 bits per heavy atom. The second kappa shape index (κ2) is 5.80. The molecule has 1 unspecified atom stereocenters. The summed E-state index contributed by atoms with van der Waals surface area (Å²) in [5.41, 5.74) is 8.16. The van der Waals surface area contributed by atoms with Crippen molar-refractivity contribution in [1.29, 1.82) is 0 Å². The molecule has 0 aliphatic carbocycles. The lowest BCUT2D eigenvalue weighted by Gasteiger charge is -2.33. The van der Waals surface area contributed by atoms with Crippen LogP contribution < -0.4 is 10.6 Å². The number of nitrogens with two attached hydrogens (primary N) is 1. The van der Waals surface area contributed by atoms with E-state index in [0.717, 1.165) is 36.8 Å². The van der Waals surface area contributed by atoms with Gasteiger partial charge in [0.15, 0.2) is 0 Å². The summed E-state index contributed by atoms with van der Waals surface area (Å²) < 4.78 is 0. The molecule has 2 N–H and O–H groups in total. The van der Waals surface area contributed by atoms with Crippen molar-refractivity contribution in [3.05, 3.63) is 35.9 Å². The van der Waals surface area contributed by atoms with Crippen LogP contribution in [0.5, 0.6) is 0 Å². The number of pyridine rings is 1. The maximum absolute atomic E-state index is 5.78. The average molecular weight is 269 g/mol. The van der Waals surface area contributed by atoms with Crippen molar-refractivity contribution < 1.29 is 0 Å². The second-order valence-electron chi connectivity index (χ2n) is 5.90. The molecule has 1 atom stereocenters. The number of hydrogen-bond donors (Lipinski definition) is 1. The van der Waals surface area contributed by atoms with Gasteiger partial charge in [0.1, 0.15) is 5.82 Å². The molecule has 1 aliphatic heterocycles. The molecule has 2 heterocycles. The van der Waals surface area contributed by atoms with Crippen LogP contribution in [0.2, 0.25) is 0 Å². The number of hydrogen-bond acceptors (Lipinski definition) is 3. The van der Waals surface area contributed by atoms with Crippen LogP contribution in [0.25, 0.3) is 10.9 Å². The highest BCUT2D eigenvalue weighted by atomic mass is 15.2. The molecule has 1 aromatic carbocycles. The lowest BCUT2D eigenvalue weighted by atomic mass is 9.99. The zero-order chi connectivity index (χ0) is 13.9. The number of para-hydroxylation sites is 1. The highest BCUT2D eigenvalue weighted by Crippen LogP contribution is 2.27. The van der Waals surface area contributed by atoms with Crippen molar-refractivity contribution in [3.8, 4) is 0 Å². The van der Waals surface area contributed by atoms with Gasteiger partial charge in [-0.3, -0.25) is 0 Å². The molecule has 3 rings (SSSR count). The summed E-state index contributed by atoms with van der Waals surface area (Å²) in [5, 5.41) is 1.21. The topological polar surface area (TPSA) is 42.2 Å². The summed E-state index contributed by atoms with van der Waals surface area (Å²) in [4.78, 5) is 7.37. The van der Waals surface area contributed by atoms with Crippen LogP contribution in [0.4, 0.5) is 5.82 Å². The number of anilines is 1. The average Bonchev–Trinajstić information content (AvgIpc) is 2.47.